The minimum atomic E-state index is 0.117. The van der Waals surface area contributed by atoms with Crippen LogP contribution in [0, 0.1) is 0 Å². The van der Waals surface area contributed by atoms with Crippen LogP contribution in [0.5, 0.6) is 0 Å². The molecule has 0 radical (unpaired) electrons. The van der Waals surface area contributed by atoms with Crippen LogP contribution in [0.4, 0.5) is 0 Å². The quantitative estimate of drug-likeness (QED) is 0.602. The molecule has 17 heavy (non-hydrogen) atoms. The summed E-state index contributed by atoms with van der Waals surface area (Å²) in [5.74, 6) is 0.117. The van der Waals surface area contributed by atoms with Crippen molar-refractivity contribution in [3.05, 3.63) is 47.5 Å². The van der Waals surface area contributed by atoms with Crippen molar-refractivity contribution < 1.29 is 4.79 Å². The van der Waals surface area contributed by atoms with Gasteiger partial charge in [-0.2, -0.15) is 0 Å². The van der Waals surface area contributed by atoms with E-state index in [4.69, 9.17) is 0 Å². The molecule has 1 rings (SSSR count). The largest absolute Gasteiger partial charge is 0.334 e. The Bertz CT molecular complexity index is 382. The highest BCUT2D eigenvalue weighted by Crippen LogP contribution is 2.06. The standard InChI is InChI=1S/C14H18BrNO/c1-12(2)8-9-16(14(17)10-15)11-13-6-4-3-5-7-13/h3-8H,9-11H2,1-2H3. The molecule has 0 saturated heterocycles. The second-order valence-electron chi connectivity index (χ2n) is 4.17. The van der Waals surface area contributed by atoms with Crippen LogP contribution in [0.15, 0.2) is 42.0 Å². The van der Waals surface area contributed by atoms with Gasteiger partial charge in [0.15, 0.2) is 0 Å². The average Bonchev–Trinajstić information content (AvgIpc) is 2.34. The van der Waals surface area contributed by atoms with E-state index in [1.807, 2.05) is 49.1 Å². The Balaban J connectivity index is 2.70. The van der Waals surface area contributed by atoms with Crippen LogP contribution in [0.1, 0.15) is 19.4 Å². The SMILES string of the molecule is CC(C)=CCN(Cc1ccccc1)C(=O)CBr. The highest BCUT2D eigenvalue weighted by atomic mass is 79.9. The van der Waals surface area contributed by atoms with Gasteiger partial charge in [0.2, 0.25) is 5.91 Å². The van der Waals surface area contributed by atoms with Crippen molar-refractivity contribution in [2.45, 2.75) is 20.4 Å². The molecule has 0 fully saturated rings. The Hall–Kier alpha value is -1.09. The van der Waals surface area contributed by atoms with Crippen molar-refractivity contribution in [1.82, 2.24) is 4.90 Å². The molecule has 0 spiro atoms. The summed E-state index contributed by atoms with van der Waals surface area (Å²) in [4.78, 5) is 13.6. The Kier molecular flexibility index (Phi) is 5.98. The van der Waals surface area contributed by atoms with Crippen LogP contribution >= 0.6 is 15.9 Å². The minimum absolute atomic E-state index is 0.117. The molecule has 0 aliphatic rings. The third kappa shape index (κ3) is 5.18. The molecule has 0 aliphatic heterocycles. The molecule has 1 aromatic rings. The van der Waals surface area contributed by atoms with Crippen LogP contribution in [-0.4, -0.2) is 22.7 Å². The molecule has 0 heterocycles. The Morgan fingerprint density at radius 1 is 1.29 bits per heavy atom. The topological polar surface area (TPSA) is 20.3 Å². The number of nitrogens with zero attached hydrogens (tertiary/aromatic N) is 1. The molecule has 0 unspecified atom stereocenters. The van der Waals surface area contributed by atoms with Crippen molar-refractivity contribution in [2.24, 2.45) is 0 Å². The Morgan fingerprint density at radius 3 is 2.47 bits per heavy atom. The van der Waals surface area contributed by atoms with Gasteiger partial charge in [-0.15, -0.1) is 0 Å². The van der Waals surface area contributed by atoms with Crippen LogP contribution in [0.2, 0.25) is 0 Å². The number of amides is 1. The third-order valence-electron chi connectivity index (χ3n) is 2.40. The Labute approximate surface area is 111 Å². The van der Waals surface area contributed by atoms with E-state index in [0.717, 1.165) is 5.56 Å². The highest BCUT2D eigenvalue weighted by molar-refractivity contribution is 9.09. The number of rotatable bonds is 5. The van der Waals surface area contributed by atoms with Crippen molar-refractivity contribution in [2.75, 3.05) is 11.9 Å². The fourth-order valence-corrected chi connectivity index (χ4v) is 1.79. The zero-order valence-electron chi connectivity index (χ0n) is 10.3. The first kappa shape index (κ1) is 14.0. The maximum absolute atomic E-state index is 11.8. The summed E-state index contributed by atoms with van der Waals surface area (Å²) >= 11 is 3.22. The van der Waals surface area contributed by atoms with E-state index >= 15 is 0 Å². The summed E-state index contributed by atoms with van der Waals surface area (Å²) in [5.41, 5.74) is 2.38. The molecule has 3 heteroatoms. The predicted molar refractivity (Wildman–Crippen MR) is 75.1 cm³/mol. The van der Waals surface area contributed by atoms with Gasteiger partial charge in [-0.3, -0.25) is 4.79 Å². The van der Waals surface area contributed by atoms with Gasteiger partial charge in [-0.25, -0.2) is 0 Å². The normalized spacial score (nSPS) is 9.82. The maximum atomic E-state index is 11.8. The molecular weight excluding hydrogens is 278 g/mol. The fourth-order valence-electron chi connectivity index (χ4n) is 1.44. The number of allylic oxidation sites excluding steroid dienone is 1. The monoisotopic (exact) mass is 295 g/mol. The molecule has 0 aromatic heterocycles. The van der Waals surface area contributed by atoms with Gasteiger partial charge in [0, 0.05) is 13.1 Å². The van der Waals surface area contributed by atoms with E-state index in [2.05, 4.69) is 22.0 Å². The van der Waals surface area contributed by atoms with Gasteiger partial charge >= 0.3 is 0 Å². The second-order valence-corrected chi connectivity index (χ2v) is 4.74. The van der Waals surface area contributed by atoms with E-state index < -0.39 is 0 Å². The van der Waals surface area contributed by atoms with Gasteiger partial charge in [-0.05, 0) is 19.4 Å². The number of alkyl halides is 1. The van der Waals surface area contributed by atoms with Gasteiger partial charge in [0.1, 0.15) is 0 Å². The fraction of sp³-hybridized carbons (Fsp3) is 0.357. The molecule has 1 aromatic carbocycles. The van der Waals surface area contributed by atoms with E-state index in [1.54, 1.807) is 0 Å². The number of carbonyl (C=O) groups is 1. The van der Waals surface area contributed by atoms with E-state index in [-0.39, 0.29) is 5.91 Å². The van der Waals surface area contributed by atoms with Crippen LogP contribution in [0.3, 0.4) is 0 Å². The van der Waals surface area contributed by atoms with Crippen molar-refractivity contribution >= 4 is 21.8 Å². The molecule has 2 nitrogen and oxygen atoms in total. The molecule has 0 saturated carbocycles. The van der Waals surface area contributed by atoms with Crippen molar-refractivity contribution in [3.8, 4) is 0 Å². The van der Waals surface area contributed by atoms with E-state index in [1.165, 1.54) is 5.57 Å². The first-order chi connectivity index (χ1) is 8.13. The smallest absolute Gasteiger partial charge is 0.233 e. The molecule has 0 N–H and O–H groups in total. The number of benzene rings is 1. The lowest BCUT2D eigenvalue weighted by Crippen LogP contribution is -2.31. The average molecular weight is 296 g/mol. The molecule has 0 aliphatic carbocycles. The summed E-state index contributed by atoms with van der Waals surface area (Å²) in [5, 5.41) is 0.371. The summed E-state index contributed by atoms with van der Waals surface area (Å²) in [6.45, 7) is 5.41. The van der Waals surface area contributed by atoms with Crippen molar-refractivity contribution in [1.29, 1.82) is 0 Å². The van der Waals surface area contributed by atoms with Crippen LogP contribution in [-0.2, 0) is 11.3 Å². The minimum Gasteiger partial charge on any atom is -0.334 e. The molecule has 0 bridgehead atoms. The molecule has 0 atom stereocenters. The predicted octanol–water partition coefficient (Wildman–Crippen LogP) is 3.38. The van der Waals surface area contributed by atoms with Crippen LogP contribution < -0.4 is 0 Å². The van der Waals surface area contributed by atoms with Gasteiger partial charge < -0.3 is 4.90 Å². The van der Waals surface area contributed by atoms with E-state index in [0.29, 0.717) is 18.4 Å². The molecule has 92 valence electrons. The first-order valence-corrected chi connectivity index (χ1v) is 6.76. The number of halogens is 1. The summed E-state index contributed by atoms with van der Waals surface area (Å²) in [7, 11) is 0. The number of hydrogen-bond donors (Lipinski definition) is 0. The summed E-state index contributed by atoms with van der Waals surface area (Å²) in [6.07, 6.45) is 2.07. The van der Waals surface area contributed by atoms with Crippen molar-refractivity contribution in [3.63, 3.8) is 0 Å². The van der Waals surface area contributed by atoms with Gasteiger partial charge in [0.25, 0.3) is 0 Å². The van der Waals surface area contributed by atoms with Gasteiger partial charge in [-0.1, -0.05) is 57.9 Å². The highest BCUT2D eigenvalue weighted by Gasteiger charge is 2.10. The zero-order valence-corrected chi connectivity index (χ0v) is 11.9. The maximum Gasteiger partial charge on any atom is 0.233 e. The number of carbonyl (C=O) groups excluding carboxylic acids is 1. The lowest BCUT2D eigenvalue weighted by atomic mass is 10.2. The van der Waals surface area contributed by atoms with Crippen LogP contribution in [0.25, 0.3) is 0 Å². The lowest BCUT2D eigenvalue weighted by molar-refractivity contribution is -0.128. The summed E-state index contributed by atoms with van der Waals surface area (Å²) in [6, 6.07) is 10.0. The first-order valence-electron chi connectivity index (χ1n) is 5.64. The molecule has 1 amide bonds. The van der Waals surface area contributed by atoms with Gasteiger partial charge in [0.05, 0.1) is 5.33 Å². The zero-order chi connectivity index (χ0) is 12.7. The Morgan fingerprint density at radius 2 is 1.94 bits per heavy atom. The third-order valence-corrected chi connectivity index (χ3v) is 2.88. The summed E-state index contributed by atoms with van der Waals surface area (Å²) < 4.78 is 0. The van der Waals surface area contributed by atoms with E-state index in [9.17, 15) is 4.79 Å². The second kappa shape index (κ2) is 7.28. The number of hydrogen-bond acceptors (Lipinski definition) is 1. The molecular formula is C14H18BrNO. The lowest BCUT2D eigenvalue weighted by Gasteiger charge is -2.20.